The van der Waals surface area contributed by atoms with Gasteiger partial charge in [0.15, 0.2) is 0 Å². The van der Waals surface area contributed by atoms with E-state index >= 15 is 0 Å². The number of imidazole rings is 1. The minimum absolute atomic E-state index is 0.172. The van der Waals surface area contributed by atoms with Gasteiger partial charge in [-0.2, -0.15) is 0 Å². The van der Waals surface area contributed by atoms with Crippen LogP contribution >= 0.6 is 0 Å². The molecule has 4 nitrogen and oxygen atoms in total. The first kappa shape index (κ1) is 13.3. The van der Waals surface area contributed by atoms with Gasteiger partial charge in [-0.05, 0) is 24.1 Å². The molecule has 0 aliphatic carbocycles. The molecule has 1 aromatic heterocycles. The summed E-state index contributed by atoms with van der Waals surface area (Å²) in [5.41, 5.74) is 1.50. The Morgan fingerprint density at radius 2 is 1.90 bits per heavy atom. The van der Waals surface area contributed by atoms with Gasteiger partial charge >= 0.3 is 5.97 Å². The van der Waals surface area contributed by atoms with E-state index in [1.807, 2.05) is 30.3 Å². The molecule has 0 unspecified atom stereocenters. The zero-order valence-corrected chi connectivity index (χ0v) is 11.1. The predicted molar refractivity (Wildman–Crippen MR) is 76.9 cm³/mol. The molecule has 5 heteroatoms. The minimum atomic E-state index is -1.31. The van der Waals surface area contributed by atoms with Crippen LogP contribution in [0.4, 0.5) is 4.39 Å². The molecule has 0 aliphatic heterocycles. The molecule has 0 spiro atoms. The Balaban J connectivity index is 1.91. The highest BCUT2D eigenvalue weighted by Gasteiger charge is 2.17. The summed E-state index contributed by atoms with van der Waals surface area (Å²) >= 11 is 0. The number of nitrogens with one attached hydrogen (secondary N) is 1. The van der Waals surface area contributed by atoms with Gasteiger partial charge in [-0.15, -0.1) is 0 Å². The molecule has 0 fully saturated rings. The summed E-state index contributed by atoms with van der Waals surface area (Å²) in [6.45, 7) is 0. The maximum Gasteiger partial charge on any atom is 0.340 e. The molecule has 0 saturated heterocycles. The van der Waals surface area contributed by atoms with Crippen LogP contribution in [0, 0.1) is 5.82 Å². The Labute approximate surface area is 120 Å². The van der Waals surface area contributed by atoms with Crippen molar-refractivity contribution in [3.63, 3.8) is 0 Å². The normalized spacial score (nSPS) is 10.9. The quantitative estimate of drug-likeness (QED) is 0.773. The molecule has 2 aromatic carbocycles. The molecule has 0 saturated carbocycles. The van der Waals surface area contributed by atoms with Gasteiger partial charge in [-0.3, -0.25) is 0 Å². The van der Waals surface area contributed by atoms with Crippen LogP contribution in [0.2, 0.25) is 0 Å². The average molecular weight is 284 g/mol. The van der Waals surface area contributed by atoms with Gasteiger partial charge in [0, 0.05) is 6.42 Å². The maximum absolute atomic E-state index is 13.6. The number of halogens is 1. The summed E-state index contributed by atoms with van der Waals surface area (Å²) < 4.78 is 13.6. The van der Waals surface area contributed by atoms with Crippen LogP contribution in [-0.4, -0.2) is 21.0 Å². The molecule has 1 heterocycles. The number of nitrogens with zero attached hydrogens (tertiary/aromatic N) is 1. The van der Waals surface area contributed by atoms with Gasteiger partial charge in [0.05, 0.1) is 5.52 Å². The van der Waals surface area contributed by atoms with E-state index in [0.717, 1.165) is 12.5 Å². The number of benzene rings is 2. The van der Waals surface area contributed by atoms with Crippen LogP contribution in [0.15, 0.2) is 42.5 Å². The first-order valence-electron chi connectivity index (χ1n) is 6.59. The summed E-state index contributed by atoms with van der Waals surface area (Å²) in [5.74, 6) is -1.42. The lowest BCUT2D eigenvalue weighted by molar-refractivity contribution is 0.0694. The Morgan fingerprint density at radius 3 is 2.62 bits per heavy atom. The number of aromatic carboxylic acids is 1. The number of aryl methyl sites for hydroxylation is 2. The topological polar surface area (TPSA) is 66.0 Å². The van der Waals surface area contributed by atoms with Gasteiger partial charge in [-0.1, -0.05) is 30.3 Å². The van der Waals surface area contributed by atoms with E-state index in [4.69, 9.17) is 5.11 Å². The Kier molecular flexibility index (Phi) is 3.39. The summed E-state index contributed by atoms with van der Waals surface area (Å²) in [6.07, 6.45) is 1.42. The third-order valence-electron chi connectivity index (χ3n) is 3.36. The van der Waals surface area contributed by atoms with Crippen molar-refractivity contribution in [3.05, 3.63) is 65.2 Å². The first-order chi connectivity index (χ1) is 10.1. The number of hydrogen-bond donors (Lipinski definition) is 2. The van der Waals surface area contributed by atoms with Crippen molar-refractivity contribution in [2.24, 2.45) is 0 Å². The summed E-state index contributed by atoms with van der Waals surface area (Å²) in [5, 5.41) is 9.09. The molecule has 3 rings (SSSR count). The van der Waals surface area contributed by atoms with Gasteiger partial charge in [-0.25, -0.2) is 14.2 Å². The number of carboxylic acid groups (broad SMARTS) is 1. The van der Waals surface area contributed by atoms with Crippen LogP contribution in [0.5, 0.6) is 0 Å². The molecule has 0 amide bonds. The summed E-state index contributed by atoms with van der Waals surface area (Å²) in [7, 11) is 0. The molecule has 106 valence electrons. The standard InChI is InChI=1S/C16H13FN2O2/c17-11-7-8-12-15(14(11)16(20)21)19-13(18-12)9-6-10-4-2-1-3-5-10/h1-5,7-8H,6,9H2,(H,18,19)(H,20,21). The number of carboxylic acids is 1. The number of aromatic nitrogens is 2. The van der Waals surface area contributed by atoms with E-state index in [9.17, 15) is 9.18 Å². The molecular weight excluding hydrogens is 271 g/mol. The third kappa shape index (κ3) is 2.63. The predicted octanol–water partition coefficient (Wildman–Crippen LogP) is 3.19. The highest BCUT2D eigenvalue weighted by molar-refractivity contribution is 6.01. The molecule has 0 aliphatic rings. The molecule has 2 N–H and O–H groups in total. The zero-order chi connectivity index (χ0) is 14.8. The lowest BCUT2D eigenvalue weighted by atomic mass is 10.1. The second-order valence-electron chi connectivity index (χ2n) is 4.79. The lowest BCUT2D eigenvalue weighted by Gasteiger charge is -1.98. The van der Waals surface area contributed by atoms with Crippen molar-refractivity contribution in [3.8, 4) is 0 Å². The van der Waals surface area contributed by atoms with Crippen LogP contribution < -0.4 is 0 Å². The molecule has 0 radical (unpaired) electrons. The molecule has 21 heavy (non-hydrogen) atoms. The van der Waals surface area contributed by atoms with Gasteiger partial charge < -0.3 is 10.1 Å². The van der Waals surface area contributed by atoms with Crippen LogP contribution in [0.3, 0.4) is 0 Å². The molecule has 0 bridgehead atoms. The van der Waals surface area contributed by atoms with Crippen LogP contribution in [-0.2, 0) is 12.8 Å². The number of H-pyrrole nitrogens is 1. The lowest BCUT2D eigenvalue weighted by Crippen LogP contribution is -2.01. The third-order valence-corrected chi connectivity index (χ3v) is 3.36. The first-order valence-corrected chi connectivity index (χ1v) is 6.59. The van der Waals surface area contributed by atoms with Crippen LogP contribution in [0.25, 0.3) is 11.0 Å². The zero-order valence-electron chi connectivity index (χ0n) is 11.1. The minimum Gasteiger partial charge on any atom is -0.478 e. The van der Waals surface area contributed by atoms with Crippen molar-refractivity contribution < 1.29 is 14.3 Å². The number of rotatable bonds is 4. The number of carbonyl (C=O) groups is 1. The van der Waals surface area contributed by atoms with Gasteiger partial charge in [0.25, 0.3) is 0 Å². The van der Waals surface area contributed by atoms with Crippen molar-refractivity contribution in [2.75, 3.05) is 0 Å². The Morgan fingerprint density at radius 1 is 1.14 bits per heavy atom. The Bertz CT molecular complexity index is 797. The fraction of sp³-hybridized carbons (Fsp3) is 0.125. The Hall–Kier alpha value is -2.69. The van der Waals surface area contributed by atoms with E-state index in [1.54, 1.807) is 0 Å². The second-order valence-corrected chi connectivity index (χ2v) is 4.79. The molecule has 3 aromatic rings. The molecular formula is C16H13FN2O2. The number of fused-ring (bicyclic) bond motifs is 1. The SMILES string of the molecule is O=C(O)c1c(F)ccc2[nH]c(CCc3ccccc3)nc12. The monoisotopic (exact) mass is 284 g/mol. The van der Waals surface area contributed by atoms with Crippen molar-refractivity contribution in [1.29, 1.82) is 0 Å². The van der Waals surface area contributed by atoms with Crippen molar-refractivity contribution >= 4 is 17.0 Å². The van der Waals surface area contributed by atoms with E-state index in [0.29, 0.717) is 17.8 Å². The highest BCUT2D eigenvalue weighted by Crippen LogP contribution is 2.20. The van der Waals surface area contributed by atoms with Crippen molar-refractivity contribution in [1.82, 2.24) is 9.97 Å². The smallest absolute Gasteiger partial charge is 0.340 e. The maximum atomic E-state index is 13.6. The number of aromatic amines is 1. The van der Waals surface area contributed by atoms with Crippen LogP contribution in [0.1, 0.15) is 21.7 Å². The molecule has 0 atom stereocenters. The number of hydrogen-bond acceptors (Lipinski definition) is 2. The van der Waals surface area contributed by atoms with Gasteiger partial charge in [0.2, 0.25) is 0 Å². The summed E-state index contributed by atoms with van der Waals surface area (Å²) in [4.78, 5) is 18.4. The van der Waals surface area contributed by atoms with Gasteiger partial charge in [0.1, 0.15) is 22.7 Å². The van der Waals surface area contributed by atoms with E-state index < -0.39 is 11.8 Å². The largest absolute Gasteiger partial charge is 0.478 e. The fourth-order valence-corrected chi connectivity index (χ4v) is 2.33. The van der Waals surface area contributed by atoms with E-state index in [1.165, 1.54) is 11.6 Å². The average Bonchev–Trinajstić information content (AvgIpc) is 2.88. The van der Waals surface area contributed by atoms with E-state index in [2.05, 4.69) is 9.97 Å². The van der Waals surface area contributed by atoms with Crippen molar-refractivity contribution in [2.45, 2.75) is 12.8 Å². The summed E-state index contributed by atoms with van der Waals surface area (Å²) in [6, 6.07) is 12.6. The fourth-order valence-electron chi connectivity index (χ4n) is 2.33. The second kappa shape index (κ2) is 5.36. The highest BCUT2D eigenvalue weighted by atomic mass is 19.1. The van der Waals surface area contributed by atoms with E-state index in [-0.39, 0.29) is 11.1 Å².